The number of sulfone groups is 1. The van der Waals surface area contributed by atoms with Crippen LogP contribution in [0.5, 0.6) is 0 Å². The zero-order valence-electron chi connectivity index (χ0n) is 16.0. The Hall–Kier alpha value is -2.22. The van der Waals surface area contributed by atoms with Crippen LogP contribution in [-0.4, -0.2) is 47.6 Å². The van der Waals surface area contributed by atoms with Crippen molar-refractivity contribution >= 4 is 15.7 Å². The minimum absolute atomic E-state index is 0.103. The van der Waals surface area contributed by atoms with E-state index in [4.69, 9.17) is 0 Å². The molecule has 1 aromatic heterocycles. The summed E-state index contributed by atoms with van der Waals surface area (Å²) in [6.45, 7) is 5.72. The van der Waals surface area contributed by atoms with Gasteiger partial charge >= 0.3 is 0 Å². The summed E-state index contributed by atoms with van der Waals surface area (Å²) in [7, 11) is -1.34. The summed E-state index contributed by atoms with van der Waals surface area (Å²) >= 11 is 0. The molecule has 0 bridgehead atoms. The molecule has 1 fully saturated rings. The quantitative estimate of drug-likeness (QED) is 0.800. The van der Waals surface area contributed by atoms with Crippen LogP contribution in [0.4, 0.5) is 4.39 Å². The standard InChI is InChI=1S/C19H24FN3O3S/c1-12-5-6-15(9-18(12)20)19(24)22(4)10-17-13(2)21-23(14(17)3)16-7-8-27(25,26)11-16/h5-6,9,16H,7-8,10-11H2,1-4H3/t16-/m0/s1. The van der Waals surface area contributed by atoms with E-state index < -0.39 is 15.7 Å². The van der Waals surface area contributed by atoms with E-state index in [0.717, 1.165) is 17.0 Å². The van der Waals surface area contributed by atoms with Gasteiger partial charge in [-0.05, 0) is 44.9 Å². The number of halogens is 1. The smallest absolute Gasteiger partial charge is 0.254 e. The molecule has 2 heterocycles. The summed E-state index contributed by atoms with van der Waals surface area (Å²) in [5.41, 5.74) is 3.32. The van der Waals surface area contributed by atoms with E-state index in [1.165, 1.54) is 11.0 Å². The second-order valence-corrected chi connectivity index (χ2v) is 9.50. The van der Waals surface area contributed by atoms with Crippen LogP contribution < -0.4 is 0 Å². The van der Waals surface area contributed by atoms with Gasteiger partial charge in [-0.2, -0.15) is 5.10 Å². The molecule has 0 unspecified atom stereocenters. The highest BCUT2D eigenvalue weighted by atomic mass is 32.2. The Morgan fingerprint density at radius 1 is 1.33 bits per heavy atom. The predicted molar refractivity (Wildman–Crippen MR) is 101 cm³/mol. The van der Waals surface area contributed by atoms with Crippen molar-refractivity contribution in [1.82, 2.24) is 14.7 Å². The molecule has 0 saturated carbocycles. The molecule has 1 atom stereocenters. The molecule has 2 aromatic rings. The van der Waals surface area contributed by atoms with Gasteiger partial charge in [-0.3, -0.25) is 9.48 Å². The number of aromatic nitrogens is 2. The lowest BCUT2D eigenvalue weighted by atomic mass is 10.1. The van der Waals surface area contributed by atoms with E-state index in [-0.39, 0.29) is 23.5 Å². The van der Waals surface area contributed by atoms with Crippen LogP contribution in [0.3, 0.4) is 0 Å². The maximum Gasteiger partial charge on any atom is 0.254 e. The van der Waals surface area contributed by atoms with Gasteiger partial charge in [-0.1, -0.05) is 6.07 Å². The first-order valence-electron chi connectivity index (χ1n) is 8.85. The van der Waals surface area contributed by atoms with Gasteiger partial charge in [0.15, 0.2) is 9.84 Å². The number of hydrogen-bond donors (Lipinski definition) is 0. The molecule has 0 radical (unpaired) electrons. The van der Waals surface area contributed by atoms with Crippen LogP contribution in [0.25, 0.3) is 0 Å². The van der Waals surface area contributed by atoms with E-state index in [1.807, 2.05) is 13.8 Å². The first kappa shape index (κ1) is 19.5. The van der Waals surface area contributed by atoms with Gasteiger partial charge in [-0.15, -0.1) is 0 Å². The van der Waals surface area contributed by atoms with E-state index in [9.17, 15) is 17.6 Å². The molecule has 0 N–H and O–H groups in total. The third-order valence-electron chi connectivity index (χ3n) is 5.19. The van der Waals surface area contributed by atoms with Crippen LogP contribution in [0.2, 0.25) is 0 Å². The number of hydrogen-bond acceptors (Lipinski definition) is 4. The van der Waals surface area contributed by atoms with Crippen LogP contribution in [0.1, 0.15) is 45.3 Å². The highest BCUT2D eigenvalue weighted by molar-refractivity contribution is 7.91. The van der Waals surface area contributed by atoms with E-state index in [0.29, 0.717) is 24.1 Å². The Morgan fingerprint density at radius 3 is 2.63 bits per heavy atom. The summed E-state index contributed by atoms with van der Waals surface area (Å²) in [4.78, 5) is 14.2. The Bertz CT molecular complexity index is 998. The second kappa shape index (κ2) is 7.07. The number of rotatable bonds is 4. The van der Waals surface area contributed by atoms with E-state index >= 15 is 0 Å². The fraction of sp³-hybridized carbons (Fsp3) is 0.474. The van der Waals surface area contributed by atoms with Gasteiger partial charge in [0.25, 0.3) is 5.91 Å². The van der Waals surface area contributed by atoms with Crippen LogP contribution in [0.15, 0.2) is 18.2 Å². The topological polar surface area (TPSA) is 72.3 Å². The monoisotopic (exact) mass is 393 g/mol. The van der Waals surface area contributed by atoms with Gasteiger partial charge in [0, 0.05) is 30.4 Å². The third-order valence-corrected chi connectivity index (χ3v) is 6.94. The average molecular weight is 393 g/mol. The molecule has 1 aliphatic rings. The van der Waals surface area contributed by atoms with Gasteiger partial charge < -0.3 is 4.90 Å². The Labute approximate surface area is 158 Å². The Balaban J connectivity index is 1.81. The summed E-state index contributed by atoms with van der Waals surface area (Å²) in [6.07, 6.45) is 0.557. The highest BCUT2D eigenvalue weighted by Gasteiger charge is 2.31. The van der Waals surface area contributed by atoms with Crippen molar-refractivity contribution in [3.05, 3.63) is 52.1 Å². The van der Waals surface area contributed by atoms with Crippen molar-refractivity contribution in [1.29, 1.82) is 0 Å². The van der Waals surface area contributed by atoms with Crippen molar-refractivity contribution < 1.29 is 17.6 Å². The van der Waals surface area contributed by atoms with E-state index in [2.05, 4.69) is 5.10 Å². The number of aryl methyl sites for hydroxylation is 2. The first-order valence-corrected chi connectivity index (χ1v) is 10.7. The van der Waals surface area contributed by atoms with Crippen LogP contribution >= 0.6 is 0 Å². The molecule has 146 valence electrons. The molecule has 0 aliphatic carbocycles. The molecular formula is C19H24FN3O3S. The van der Waals surface area contributed by atoms with Gasteiger partial charge in [0.05, 0.1) is 23.2 Å². The van der Waals surface area contributed by atoms with Gasteiger partial charge in [0.2, 0.25) is 0 Å². The summed E-state index contributed by atoms with van der Waals surface area (Å²) in [5, 5.41) is 4.52. The SMILES string of the molecule is Cc1ccc(C(=O)N(C)Cc2c(C)nn([C@H]3CCS(=O)(=O)C3)c2C)cc1F. The van der Waals surface area contributed by atoms with Crippen LogP contribution in [0, 0.1) is 26.6 Å². The lowest BCUT2D eigenvalue weighted by Crippen LogP contribution is -2.27. The molecule has 1 aromatic carbocycles. The first-order chi connectivity index (χ1) is 12.6. The fourth-order valence-electron chi connectivity index (χ4n) is 3.50. The van der Waals surface area contributed by atoms with Crippen molar-refractivity contribution in [3.8, 4) is 0 Å². The zero-order chi connectivity index (χ0) is 19.9. The molecule has 8 heteroatoms. The Morgan fingerprint density at radius 2 is 2.04 bits per heavy atom. The summed E-state index contributed by atoms with van der Waals surface area (Å²) in [6, 6.07) is 4.30. The molecule has 1 saturated heterocycles. The minimum Gasteiger partial charge on any atom is -0.337 e. The number of amides is 1. The fourth-order valence-corrected chi connectivity index (χ4v) is 5.20. The minimum atomic E-state index is -3.01. The summed E-state index contributed by atoms with van der Waals surface area (Å²) < 4.78 is 39.1. The molecule has 1 aliphatic heterocycles. The number of benzene rings is 1. The maximum absolute atomic E-state index is 13.8. The van der Waals surface area contributed by atoms with Crippen molar-refractivity contribution in [2.24, 2.45) is 0 Å². The van der Waals surface area contributed by atoms with Gasteiger partial charge in [0.1, 0.15) is 5.82 Å². The molecule has 27 heavy (non-hydrogen) atoms. The number of carbonyl (C=O) groups excluding carboxylic acids is 1. The number of carbonyl (C=O) groups is 1. The average Bonchev–Trinajstić information content (AvgIpc) is 3.10. The molecular weight excluding hydrogens is 369 g/mol. The normalized spacial score (nSPS) is 18.6. The largest absolute Gasteiger partial charge is 0.337 e. The Kier molecular flexibility index (Phi) is 5.12. The lowest BCUT2D eigenvalue weighted by Gasteiger charge is -2.18. The van der Waals surface area contributed by atoms with Crippen molar-refractivity contribution in [2.45, 2.75) is 39.8 Å². The summed E-state index contributed by atoms with van der Waals surface area (Å²) in [5.74, 6) is -0.394. The molecule has 3 rings (SSSR count). The van der Waals surface area contributed by atoms with Crippen molar-refractivity contribution in [2.75, 3.05) is 18.6 Å². The maximum atomic E-state index is 13.8. The molecule has 1 amide bonds. The second-order valence-electron chi connectivity index (χ2n) is 7.28. The highest BCUT2D eigenvalue weighted by Crippen LogP contribution is 2.27. The van der Waals surface area contributed by atoms with Crippen LogP contribution in [-0.2, 0) is 16.4 Å². The third kappa shape index (κ3) is 3.90. The zero-order valence-corrected chi connectivity index (χ0v) is 16.8. The molecule has 0 spiro atoms. The lowest BCUT2D eigenvalue weighted by molar-refractivity contribution is 0.0784. The molecule has 6 nitrogen and oxygen atoms in total. The predicted octanol–water partition coefficient (Wildman–Crippen LogP) is 2.58. The number of nitrogens with zero attached hydrogens (tertiary/aromatic N) is 3. The van der Waals surface area contributed by atoms with Crippen molar-refractivity contribution in [3.63, 3.8) is 0 Å². The van der Waals surface area contributed by atoms with E-state index in [1.54, 1.807) is 30.8 Å². The van der Waals surface area contributed by atoms with Gasteiger partial charge in [-0.25, -0.2) is 12.8 Å².